The number of fused-ring (bicyclic) bond motifs is 1. The first kappa shape index (κ1) is 31.4. The van der Waals surface area contributed by atoms with Gasteiger partial charge >= 0.3 is 6.09 Å². The Morgan fingerprint density at radius 3 is 2.70 bits per heavy atom. The van der Waals surface area contributed by atoms with Crippen LogP contribution in [0.2, 0.25) is 10.2 Å². The van der Waals surface area contributed by atoms with Gasteiger partial charge in [0, 0.05) is 40.7 Å². The monoisotopic (exact) mass is 665 g/mol. The molecule has 0 aliphatic carbocycles. The zero-order valence-corrected chi connectivity index (χ0v) is 26.1. The van der Waals surface area contributed by atoms with Gasteiger partial charge in [-0.15, -0.1) is 5.10 Å². The number of rotatable bonds is 12. The fraction of sp³-hybridized carbons (Fsp3) is 0.300. The SMILES string of the molecule is CCOCCOCCN(C(=O)O)c1ccc(-c2nc([C@@H]3CCc4cc(-c5cc(Cl)ccc5-n5cnnn5)cc(=O)n43)[nH]c2Cl)cn1. The van der Waals surface area contributed by atoms with Crippen LogP contribution in [0.4, 0.5) is 10.6 Å². The largest absolute Gasteiger partial charge is 0.465 e. The van der Waals surface area contributed by atoms with E-state index in [4.69, 9.17) is 37.7 Å². The van der Waals surface area contributed by atoms with E-state index in [9.17, 15) is 14.7 Å². The van der Waals surface area contributed by atoms with E-state index in [0.717, 1.165) is 16.2 Å². The molecule has 0 unspecified atom stereocenters. The van der Waals surface area contributed by atoms with Crippen molar-refractivity contribution in [3.05, 3.63) is 87.0 Å². The van der Waals surface area contributed by atoms with Gasteiger partial charge in [0.05, 0.1) is 38.1 Å². The summed E-state index contributed by atoms with van der Waals surface area (Å²) in [6.45, 7) is 3.60. The third-order valence-corrected chi connectivity index (χ3v) is 8.07. The van der Waals surface area contributed by atoms with Gasteiger partial charge in [0.25, 0.3) is 5.56 Å². The first-order valence-electron chi connectivity index (χ1n) is 14.5. The normalized spacial score (nSPS) is 14.0. The minimum atomic E-state index is -1.15. The number of nitrogens with one attached hydrogen (secondary N) is 1. The second-order valence-corrected chi connectivity index (χ2v) is 11.2. The number of imidazole rings is 1. The maximum Gasteiger partial charge on any atom is 0.413 e. The molecule has 0 bridgehead atoms. The summed E-state index contributed by atoms with van der Waals surface area (Å²) in [5.41, 5.74) is 3.78. The third-order valence-electron chi connectivity index (χ3n) is 7.56. The van der Waals surface area contributed by atoms with Crippen LogP contribution in [-0.2, 0) is 15.9 Å². The molecule has 1 aliphatic rings. The molecule has 1 aliphatic heterocycles. The first-order valence-corrected chi connectivity index (χ1v) is 15.3. The molecule has 16 heteroatoms. The molecule has 0 spiro atoms. The predicted molar refractivity (Wildman–Crippen MR) is 170 cm³/mol. The van der Waals surface area contributed by atoms with Crippen molar-refractivity contribution in [2.45, 2.75) is 25.8 Å². The van der Waals surface area contributed by atoms with Gasteiger partial charge < -0.3 is 24.1 Å². The molecule has 4 aromatic heterocycles. The molecule has 238 valence electrons. The molecule has 5 aromatic rings. The maximum absolute atomic E-state index is 13.6. The van der Waals surface area contributed by atoms with Gasteiger partial charge in [0.2, 0.25) is 0 Å². The number of H-pyrrole nitrogens is 1. The highest BCUT2D eigenvalue weighted by atomic mass is 35.5. The number of nitrogens with zero attached hydrogens (tertiary/aromatic N) is 8. The van der Waals surface area contributed by atoms with Crippen molar-refractivity contribution in [1.82, 2.24) is 39.7 Å². The molecular weight excluding hydrogens is 637 g/mol. The van der Waals surface area contributed by atoms with E-state index < -0.39 is 6.09 Å². The summed E-state index contributed by atoms with van der Waals surface area (Å²) >= 11 is 12.9. The van der Waals surface area contributed by atoms with Crippen molar-refractivity contribution in [3.63, 3.8) is 0 Å². The number of benzene rings is 1. The summed E-state index contributed by atoms with van der Waals surface area (Å²) in [7, 11) is 0. The highest BCUT2D eigenvalue weighted by molar-refractivity contribution is 6.32. The summed E-state index contributed by atoms with van der Waals surface area (Å²) in [5.74, 6) is 0.776. The highest BCUT2D eigenvalue weighted by Crippen LogP contribution is 2.36. The summed E-state index contributed by atoms with van der Waals surface area (Å²) in [6.07, 6.45) is 3.12. The topological polar surface area (TPSA) is 166 Å². The molecule has 6 rings (SSSR count). The summed E-state index contributed by atoms with van der Waals surface area (Å²) in [5, 5.41) is 21.9. The number of amides is 1. The molecule has 1 atom stereocenters. The average molecular weight is 667 g/mol. The van der Waals surface area contributed by atoms with Gasteiger partial charge in [0.1, 0.15) is 28.8 Å². The molecule has 14 nitrogen and oxygen atoms in total. The molecule has 0 radical (unpaired) electrons. The van der Waals surface area contributed by atoms with Crippen molar-refractivity contribution >= 4 is 35.1 Å². The van der Waals surface area contributed by atoms with Crippen molar-refractivity contribution in [2.24, 2.45) is 0 Å². The molecule has 5 heterocycles. The van der Waals surface area contributed by atoms with Crippen LogP contribution < -0.4 is 10.5 Å². The third kappa shape index (κ3) is 6.51. The molecule has 46 heavy (non-hydrogen) atoms. The zero-order chi connectivity index (χ0) is 32.2. The van der Waals surface area contributed by atoms with Crippen LogP contribution in [-0.4, -0.2) is 83.9 Å². The Hall–Kier alpha value is -4.63. The van der Waals surface area contributed by atoms with Gasteiger partial charge in [-0.1, -0.05) is 23.2 Å². The van der Waals surface area contributed by atoms with E-state index in [1.807, 2.05) is 13.0 Å². The Morgan fingerprint density at radius 1 is 1.11 bits per heavy atom. The molecule has 0 saturated carbocycles. The predicted octanol–water partition coefficient (Wildman–Crippen LogP) is 4.66. The highest BCUT2D eigenvalue weighted by Gasteiger charge is 2.29. The van der Waals surface area contributed by atoms with Gasteiger partial charge in [-0.25, -0.2) is 14.8 Å². The van der Waals surface area contributed by atoms with Gasteiger partial charge in [-0.3, -0.25) is 9.69 Å². The maximum atomic E-state index is 13.6. The van der Waals surface area contributed by atoms with Crippen molar-refractivity contribution in [2.75, 3.05) is 37.9 Å². The summed E-state index contributed by atoms with van der Waals surface area (Å²) in [4.78, 5) is 38.8. The van der Waals surface area contributed by atoms with Crippen LogP contribution in [0, 0.1) is 0 Å². The quantitative estimate of drug-likeness (QED) is 0.179. The van der Waals surface area contributed by atoms with Crippen molar-refractivity contribution in [3.8, 4) is 28.1 Å². The number of hydrogen-bond acceptors (Lipinski definition) is 9. The molecule has 0 fully saturated rings. The first-order chi connectivity index (χ1) is 22.3. The minimum absolute atomic E-state index is 0.106. The van der Waals surface area contributed by atoms with Crippen LogP contribution in [0.15, 0.2) is 59.8 Å². The van der Waals surface area contributed by atoms with Crippen molar-refractivity contribution < 1.29 is 19.4 Å². The lowest BCUT2D eigenvalue weighted by atomic mass is 10.0. The number of hydrogen-bond donors (Lipinski definition) is 2. The number of carbonyl (C=O) groups is 1. The van der Waals surface area contributed by atoms with E-state index in [1.54, 1.807) is 41.0 Å². The Morgan fingerprint density at radius 2 is 1.96 bits per heavy atom. The van der Waals surface area contributed by atoms with E-state index in [2.05, 4.69) is 25.5 Å². The Bertz CT molecular complexity index is 1890. The molecule has 1 aromatic carbocycles. The molecule has 1 amide bonds. The minimum Gasteiger partial charge on any atom is -0.465 e. The number of anilines is 1. The van der Waals surface area contributed by atoms with Crippen molar-refractivity contribution in [1.29, 1.82) is 0 Å². The number of pyridine rings is 2. The lowest BCUT2D eigenvalue weighted by Gasteiger charge is -2.18. The lowest BCUT2D eigenvalue weighted by molar-refractivity contribution is 0.0555. The van der Waals surface area contributed by atoms with Crippen LogP contribution in [0.3, 0.4) is 0 Å². The second-order valence-electron chi connectivity index (χ2n) is 10.3. The van der Waals surface area contributed by atoms with Crippen LogP contribution in [0.5, 0.6) is 0 Å². The zero-order valence-electron chi connectivity index (χ0n) is 24.6. The molecule has 2 N–H and O–H groups in total. The molecule has 0 saturated heterocycles. The Labute approximate surface area is 272 Å². The van der Waals surface area contributed by atoms with Crippen LogP contribution >= 0.6 is 23.2 Å². The second kappa shape index (κ2) is 13.8. The number of halogens is 2. The van der Waals surface area contributed by atoms with Crippen LogP contribution in [0.25, 0.3) is 28.1 Å². The van der Waals surface area contributed by atoms with E-state index in [1.165, 1.54) is 17.2 Å². The smallest absolute Gasteiger partial charge is 0.413 e. The number of ether oxygens (including phenoxy) is 2. The number of carboxylic acid groups (broad SMARTS) is 1. The van der Waals surface area contributed by atoms with E-state index in [0.29, 0.717) is 66.0 Å². The number of tetrazole rings is 1. The summed E-state index contributed by atoms with van der Waals surface area (Å²) in [6, 6.07) is 11.8. The Balaban J connectivity index is 1.22. The van der Waals surface area contributed by atoms with Crippen LogP contribution in [0.1, 0.15) is 30.9 Å². The summed E-state index contributed by atoms with van der Waals surface area (Å²) < 4.78 is 13.9. The average Bonchev–Trinajstić information content (AvgIpc) is 3.81. The number of aryl methyl sites for hydroxylation is 1. The fourth-order valence-electron chi connectivity index (χ4n) is 5.45. The lowest BCUT2D eigenvalue weighted by Crippen LogP contribution is -2.33. The Kier molecular flexibility index (Phi) is 9.40. The van der Waals surface area contributed by atoms with E-state index >= 15 is 0 Å². The van der Waals surface area contributed by atoms with Gasteiger partial charge in [-0.05, 0) is 72.2 Å². The van der Waals surface area contributed by atoms with Gasteiger partial charge in [0.15, 0.2) is 0 Å². The standard InChI is InChI=1S/C30H29Cl2N9O5/c1-2-45-11-12-46-10-9-39(30(43)44)25-8-3-18(16-33-25)27-28(32)36-29(35-27)24-7-5-21-13-19(14-26(42)41(21)24)22-15-20(31)4-6-23(22)40-17-34-37-38-40/h3-4,6,8,13-17,24H,2,5,7,9-12H2,1H3,(H,35,36)(H,43,44)/t24-/m0/s1. The molecular formula is C30H29Cl2N9O5. The van der Waals surface area contributed by atoms with Gasteiger partial charge in [-0.2, -0.15) is 4.68 Å². The number of aromatic nitrogens is 8. The number of aromatic amines is 1. The fourth-order valence-corrected chi connectivity index (χ4v) is 5.87. The van der Waals surface area contributed by atoms with E-state index in [-0.39, 0.29) is 35.7 Å².